The molecule has 1 rings (SSSR count). The van der Waals surface area contributed by atoms with Gasteiger partial charge in [-0.2, -0.15) is 0 Å². The molecule has 0 aromatic heterocycles. The summed E-state index contributed by atoms with van der Waals surface area (Å²) in [4.78, 5) is 0. The molecule has 0 radical (unpaired) electrons. The zero-order valence-corrected chi connectivity index (χ0v) is 11.2. The molecule has 0 spiro atoms. The molecule has 0 saturated heterocycles. The molecule has 0 amide bonds. The van der Waals surface area contributed by atoms with E-state index in [1.54, 1.807) is 19.1 Å². The van der Waals surface area contributed by atoms with Crippen LogP contribution in [0.4, 0.5) is 4.39 Å². The van der Waals surface area contributed by atoms with Gasteiger partial charge in [0.2, 0.25) is 0 Å². The van der Waals surface area contributed by atoms with Gasteiger partial charge in [-0.25, -0.2) is 4.39 Å². The van der Waals surface area contributed by atoms with Crippen molar-refractivity contribution in [1.29, 1.82) is 0 Å². The summed E-state index contributed by atoms with van der Waals surface area (Å²) in [5.41, 5.74) is -0.325. The van der Waals surface area contributed by atoms with Crippen LogP contribution in [-0.2, 0) is 10.3 Å². The van der Waals surface area contributed by atoms with Crippen LogP contribution >= 0.6 is 0 Å². The molecule has 1 aromatic carbocycles. The Morgan fingerprint density at radius 2 is 2.00 bits per heavy atom. The van der Waals surface area contributed by atoms with E-state index in [0.717, 1.165) is 0 Å². The predicted octanol–water partition coefficient (Wildman–Crippen LogP) is 2.05. The van der Waals surface area contributed by atoms with Crippen molar-refractivity contribution in [3.05, 3.63) is 35.6 Å². The van der Waals surface area contributed by atoms with Crippen LogP contribution in [0.2, 0.25) is 0 Å². The lowest BCUT2D eigenvalue weighted by atomic mass is 9.96. The van der Waals surface area contributed by atoms with Crippen LogP contribution in [0, 0.1) is 5.82 Å². The average molecular weight is 255 g/mol. The summed E-state index contributed by atoms with van der Waals surface area (Å²) >= 11 is 0. The lowest BCUT2D eigenvalue weighted by Crippen LogP contribution is -2.41. The van der Waals surface area contributed by atoms with Gasteiger partial charge in [-0.05, 0) is 38.5 Å². The normalized spacial score (nSPS) is 16.3. The Bertz CT molecular complexity index is 351. The van der Waals surface area contributed by atoms with Gasteiger partial charge in [0, 0.05) is 19.2 Å². The topological polar surface area (TPSA) is 41.5 Å². The molecule has 1 aromatic rings. The molecule has 2 N–H and O–H groups in total. The largest absolute Gasteiger partial charge is 0.384 e. The van der Waals surface area contributed by atoms with E-state index >= 15 is 0 Å². The molecule has 4 heteroatoms. The number of rotatable bonds is 7. The van der Waals surface area contributed by atoms with Gasteiger partial charge >= 0.3 is 0 Å². The van der Waals surface area contributed by atoms with E-state index in [9.17, 15) is 9.50 Å². The molecule has 0 fully saturated rings. The number of ether oxygens (including phenoxy) is 1. The fraction of sp³-hybridized carbons (Fsp3) is 0.571. The summed E-state index contributed by atoms with van der Waals surface area (Å²) in [6.45, 7) is 7.33. The zero-order chi connectivity index (χ0) is 13.6. The summed E-state index contributed by atoms with van der Waals surface area (Å²) in [5.74, 6) is -0.299. The number of nitrogens with one attached hydrogen (secondary N) is 1. The molecular weight excluding hydrogens is 233 g/mol. The first-order chi connectivity index (χ1) is 8.45. The van der Waals surface area contributed by atoms with E-state index in [4.69, 9.17) is 4.74 Å². The molecule has 18 heavy (non-hydrogen) atoms. The van der Waals surface area contributed by atoms with Crippen molar-refractivity contribution in [3.8, 4) is 0 Å². The minimum atomic E-state index is -1.02. The van der Waals surface area contributed by atoms with Gasteiger partial charge in [0.1, 0.15) is 5.82 Å². The van der Waals surface area contributed by atoms with Gasteiger partial charge in [-0.3, -0.25) is 0 Å². The second-order valence-electron chi connectivity index (χ2n) is 4.72. The molecule has 2 unspecified atom stereocenters. The number of hydrogen-bond acceptors (Lipinski definition) is 3. The Labute approximate surface area is 108 Å². The monoisotopic (exact) mass is 255 g/mol. The van der Waals surface area contributed by atoms with Gasteiger partial charge in [0.15, 0.2) is 0 Å². The van der Waals surface area contributed by atoms with E-state index in [0.29, 0.717) is 25.3 Å². The summed E-state index contributed by atoms with van der Waals surface area (Å²) in [5, 5.41) is 13.5. The van der Waals surface area contributed by atoms with E-state index in [1.807, 2.05) is 13.8 Å². The van der Waals surface area contributed by atoms with Gasteiger partial charge < -0.3 is 15.2 Å². The van der Waals surface area contributed by atoms with Crippen LogP contribution in [0.25, 0.3) is 0 Å². The summed E-state index contributed by atoms with van der Waals surface area (Å²) < 4.78 is 18.1. The molecule has 0 aliphatic rings. The van der Waals surface area contributed by atoms with Crippen LogP contribution in [-0.4, -0.2) is 30.9 Å². The quantitative estimate of drug-likeness (QED) is 0.783. The van der Waals surface area contributed by atoms with Crippen LogP contribution in [0.15, 0.2) is 24.3 Å². The molecule has 0 aliphatic heterocycles. The highest BCUT2D eigenvalue weighted by molar-refractivity contribution is 5.22. The number of aliphatic hydroxyl groups is 1. The van der Waals surface area contributed by atoms with E-state index in [-0.39, 0.29) is 11.9 Å². The Balaban J connectivity index is 2.51. The van der Waals surface area contributed by atoms with E-state index in [1.165, 1.54) is 12.1 Å². The first kappa shape index (κ1) is 15.1. The molecular formula is C14H22FNO2. The smallest absolute Gasteiger partial charge is 0.123 e. The number of hydrogen-bond donors (Lipinski definition) is 2. The SMILES string of the molecule is CCOCC(C)NCC(C)(O)c1ccc(F)cc1. The predicted molar refractivity (Wildman–Crippen MR) is 69.9 cm³/mol. The molecule has 2 atom stereocenters. The standard InChI is InChI=1S/C14H22FNO2/c1-4-18-9-11(2)16-10-14(3,17)12-5-7-13(15)8-6-12/h5-8,11,16-17H,4,9-10H2,1-3H3. The van der Waals surface area contributed by atoms with Crippen molar-refractivity contribution >= 4 is 0 Å². The fourth-order valence-corrected chi connectivity index (χ4v) is 1.64. The van der Waals surface area contributed by atoms with Crippen molar-refractivity contribution in [2.24, 2.45) is 0 Å². The van der Waals surface area contributed by atoms with E-state index in [2.05, 4.69) is 5.32 Å². The molecule has 0 heterocycles. The maximum absolute atomic E-state index is 12.8. The third-order valence-electron chi connectivity index (χ3n) is 2.83. The Morgan fingerprint density at radius 3 is 2.56 bits per heavy atom. The first-order valence-corrected chi connectivity index (χ1v) is 6.25. The average Bonchev–Trinajstić information content (AvgIpc) is 2.34. The first-order valence-electron chi connectivity index (χ1n) is 6.25. The Morgan fingerprint density at radius 1 is 1.39 bits per heavy atom. The summed E-state index contributed by atoms with van der Waals surface area (Å²) in [6, 6.07) is 6.08. The highest BCUT2D eigenvalue weighted by Gasteiger charge is 2.23. The minimum absolute atomic E-state index is 0.164. The molecule has 0 bridgehead atoms. The lowest BCUT2D eigenvalue weighted by molar-refractivity contribution is 0.0476. The zero-order valence-electron chi connectivity index (χ0n) is 11.2. The maximum Gasteiger partial charge on any atom is 0.123 e. The number of halogens is 1. The number of benzene rings is 1. The third kappa shape index (κ3) is 4.72. The van der Waals surface area contributed by atoms with Gasteiger partial charge in [0.25, 0.3) is 0 Å². The van der Waals surface area contributed by atoms with Crippen LogP contribution in [0.1, 0.15) is 26.3 Å². The Kier molecular flexibility index (Phi) is 5.72. The van der Waals surface area contributed by atoms with Crippen LogP contribution in [0.5, 0.6) is 0 Å². The molecule has 0 aliphatic carbocycles. The molecule has 3 nitrogen and oxygen atoms in total. The molecule has 0 saturated carbocycles. The molecule has 102 valence electrons. The summed E-state index contributed by atoms with van der Waals surface area (Å²) in [7, 11) is 0. The van der Waals surface area contributed by atoms with Crippen molar-refractivity contribution in [2.75, 3.05) is 19.8 Å². The van der Waals surface area contributed by atoms with Gasteiger partial charge in [0.05, 0.1) is 12.2 Å². The lowest BCUT2D eigenvalue weighted by Gasteiger charge is -2.26. The fourth-order valence-electron chi connectivity index (χ4n) is 1.64. The Hall–Kier alpha value is -0.970. The van der Waals surface area contributed by atoms with Gasteiger partial charge in [-0.1, -0.05) is 12.1 Å². The van der Waals surface area contributed by atoms with Crippen molar-refractivity contribution in [2.45, 2.75) is 32.4 Å². The van der Waals surface area contributed by atoms with Crippen molar-refractivity contribution < 1.29 is 14.2 Å². The highest BCUT2D eigenvalue weighted by atomic mass is 19.1. The highest BCUT2D eigenvalue weighted by Crippen LogP contribution is 2.19. The van der Waals surface area contributed by atoms with Crippen molar-refractivity contribution in [3.63, 3.8) is 0 Å². The third-order valence-corrected chi connectivity index (χ3v) is 2.83. The summed E-state index contributed by atoms with van der Waals surface area (Å²) in [6.07, 6.45) is 0. The second-order valence-corrected chi connectivity index (χ2v) is 4.72. The van der Waals surface area contributed by atoms with E-state index < -0.39 is 5.60 Å². The second kappa shape index (κ2) is 6.83. The van der Waals surface area contributed by atoms with Crippen molar-refractivity contribution in [1.82, 2.24) is 5.32 Å². The van der Waals surface area contributed by atoms with Crippen LogP contribution < -0.4 is 5.32 Å². The minimum Gasteiger partial charge on any atom is -0.384 e. The maximum atomic E-state index is 12.8. The van der Waals surface area contributed by atoms with Crippen LogP contribution in [0.3, 0.4) is 0 Å². The van der Waals surface area contributed by atoms with Gasteiger partial charge in [-0.15, -0.1) is 0 Å².